The van der Waals surface area contributed by atoms with Crippen molar-refractivity contribution >= 4 is 39.2 Å². The molecular formula is C18H18N6O4S. The maximum absolute atomic E-state index is 13.0. The molecule has 1 N–H and O–H groups in total. The number of nitriles is 1. The van der Waals surface area contributed by atoms with E-state index in [0.29, 0.717) is 15.3 Å². The predicted octanol–water partition coefficient (Wildman–Crippen LogP) is 1.75. The van der Waals surface area contributed by atoms with Gasteiger partial charge in [-0.3, -0.25) is 18.8 Å². The molecule has 0 radical (unpaired) electrons. The van der Waals surface area contributed by atoms with Crippen molar-refractivity contribution in [3.8, 4) is 6.07 Å². The molecule has 0 saturated carbocycles. The van der Waals surface area contributed by atoms with Gasteiger partial charge in [-0.15, -0.1) is 11.3 Å². The van der Waals surface area contributed by atoms with Crippen LogP contribution in [0, 0.1) is 18.3 Å². The number of fused-ring (bicyclic) bond motifs is 1. The number of amides is 1. The topological polar surface area (TPSA) is 132 Å². The van der Waals surface area contributed by atoms with Crippen molar-refractivity contribution < 1.29 is 14.3 Å². The molecule has 3 heterocycles. The number of aromatic nitrogens is 4. The normalized spacial score (nSPS) is 11.8. The lowest BCUT2D eigenvalue weighted by atomic mass is 10.2. The summed E-state index contributed by atoms with van der Waals surface area (Å²) in [5.74, 6) is -0.778. The summed E-state index contributed by atoms with van der Waals surface area (Å²) in [5, 5.41) is 15.9. The Morgan fingerprint density at radius 2 is 2.17 bits per heavy atom. The van der Waals surface area contributed by atoms with Crippen molar-refractivity contribution in [2.75, 3.05) is 11.9 Å². The van der Waals surface area contributed by atoms with Crippen LogP contribution < -0.4 is 10.9 Å². The van der Waals surface area contributed by atoms with Crippen LogP contribution in [-0.2, 0) is 16.6 Å². The minimum atomic E-state index is -0.911. The number of ether oxygens (including phenoxy) is 1. The molecule has 0 fully saturated rings. The maximum Gasteiger partial charge on any atom is 0.348 e. The standard InChI is InChI=1S/C18H18N6O4S/c1-5-28-18(27)13-9(2)12-16(29-13)20-8-24(17(12)26)10(3)15(25)22-14-11(6-19)7-21-23(14)4/h7-8,10H,5H2,1-4H3,(H,22,25). The van der Waals surface area contributed by atoms with E-state index in [9.17, 15) is 14.4 Å². The highest BCUT2D eigenvalue weighted by Gasteiger charge is 2.24. The van der Waals surface area contributed by atoms with Crippen molar-refractivity contribution in [1.29, 1.82) is 5.26 Å². The van der Waals surface area contributed by atoms with Gasteiger partial charge in [-0.25, -0.2) is 9.78 Å². The van der Waals surface area contributed by atoms with Crippen molar-refractivity contribution in [2.45, 2.75) is 26.8 Å². The fraction of sp³-hybridized carbons (Fsp3) is 0.333. The molecular weight excluding hydrogens is 396 g/mol. The van der Waals surface area contributed by atoms with Crippen LogP contribution in [0.3, 0.4) is 0 Å². The molecule has 3 rings (SSSR count). The molecule has 0 aliphatic heterocycles. The third-order valence-corrected chi connectivity index (χ3v) is 5.61. The number of hydrogen-bond donors (Lipinski definition) is 1. The average molecular weight is 414 g/mol. The molecule has 0 bridgehead atoms. The number of thiophene rings is 1. The molecule has 29 heavy (non-hydrogen) atoms. The Hall–Kier alpha value is -3.52. The second-order valence-electron chi connectivity index (χ2n) is 6.22. The number of nitrogens with one attached hydrogen (secondary N) is 1. The van der Waals surface area contributed by atoms with Gasteiger partial charge >= 0.3 is 5.97 Å². The Morgan fingerprint density at radius 3 is 2.83 bits per heavy atom. The maximum atomic E-state index is 13.0. The summed E-state index contributed by atoms with van der Waals surface area (Å²) in [6, 6.07) is 1.03. The Labute approximate surface area is 169 Å². The molecule has 1 atom stereocenters. The number of carbonyl (C=O) groups excluding carboxylic acids is 2. The van der Waals surface area contributed by atoms with E-state index in [1.54, 1.807) is 27.8 Å². The first kappa shape index (κ1) is 20.2. The van der Waals surface area contributed by atoms with E-state index >= 15 is 0 Å². The van der Waals surface area contributed by atoms with E-state index < -0.39 is 23.5 Å². The molecule has 3 aromatic heterocycles. The fourth-order valence-electron chi connectivity index (χ4n) is 2.82. The Kier molecular flexibility index (Phi) is 5.47. The third kappa shape index (κ3) is 3.50. The lowest BCUT2D eigenvalue weighted by Gasteiger charge is -2.15. The van der Waals surface area contributed by atoms with E-state index in [0.717, 1.165) is 11.3 Å². The SMILES string of the molecule is CCOC(=O)c1sc2ncn(C(C)C(=O)Nc3c(C#N)cnn3C)c(=O)c2c1C. The highest BCUT2D eigenvalue weighted by Crippen LogP contribution is 2.28. The summed E-state index contributed by atoms with van der Waals surface area (Å²) in [6.07, 6.45) is 2.61. The van der Waals surface area contributed by atoms with Gasteiger partial charge in [0.05, 0.1) is 24.5 Å². The summed E-state index contributed by atoms with van der Waals surface area (Å²) in [4.78, 5) is 42.7. The minimum absolute atomic E-state index is 0.210. The number of hydrogen-bond acceptors (Lipinski definition) is 8. The smallest absolute Gasteiger partial charge is 0.348 e. The van der Waals surface area contributed by atoms with Crippen LogP contribution in [0.15, 0.2) is 17.3 Å². The first-order valence-corrected chi connectivity index (χ1v) is 9.52. The zero-order valence-electron chi connectivity index (χ0n) is 16.2. The van der Waals surface area contributed by atoms with Gasteiger partial charge in [0.15, 0.2) is 0 Å². The number of carbonyl (C=O) groups is 2. The summed E-state index contributed by atoms with van der Waals surface area (Å²) in [6.45, 7) is 5.12. The monoisotopic (exact) mass is 414 g/mol. The van der Waals surface area contributed by atoms with Crippen LogP contribution in [0.5, 0.6) is 0 Å². The number of anilines is 1. The van der Waals surface area contributed by atoms with Gasteiger partial charge in [0.2, 0.25) is 5.91 Å². The highest BCUT2D eigenvalue weighted by molar-refractivity contribution is 7.20. The first-order valence-electron chi connectivity index (χ1n) is 8.70. The number of rotatable bonds is 5. The van der Waals surface area contributed by atoms with Crippen molar-refractivity contribution in [2.24, 2.45) is 7.05 Å². The quantitative estimate of drug-likeness (QED) is 0.629. The lowest BCUT2D eigenvalue weighted by molar-refractivity contribution is -0.118. The van der Waals surface area contributed by atoms with E-state index in [1.165, 1.54) is 21.8 Å². The molecule has 150 valence electrons. The average Bonchev–Trinajstić information content (AvgIpc) is 3.22. The summed E-state index contributed by atoms with van der Waals surface area (Å²) < 4.78 is 7.57. The molecule has 0 saturated heterocycles. The van der Waals surface area contributed by atoms with E-state index in [4.69, 9.17) is 10.00 Å². The van der Waals surface area contributed by atoms with Crippen LogP contribution >= 0.6 is 11.3 Å². The van der Waals surface area contributed by atoms with E-state index in [2.05, 4.69) is 15.4 Å². The summed E-state index contributed by atoms with van der Waals surface area (Å²) in [7, 11) is 1.59. The lowest BCUT2D eigenvalue weighted by Crippen LogP contribution is -2.32. The molecule has 11 heteroatoms. The predicted molar refractivity (Wildman–Crippen MR) is 106 cm³/mol. The van der Waals surface area contributed by atoms with Gasteiger partial charge in [0, 0.05) is 7.05 Å². The molecule has 1 unspecified atom stereocenters. The van der Waals surface area contributed by atoms with Crippen molar-refractivity contribution in [3.05, 3.63) is 38.9 Å². The van der Waals surface area contributed by atoms with Crippen molar-refractivity contribution in [3.63, 3.8) is 0 Å². The molecule has 10 nitrogen and oxygen atoms in total. The van der Waals surface area contributed by atoms with E-state index in [1.807, 2.05) is 6.07 Å². The largest absolute Gasteiger partial charge is 0.462 e. The summed E-state index contributed by atoms with van der Waals surface area (Å²) >= 11 is 1.08. The molecule has 0 aliphatic carbocycles. The first-order chi connectivity index (χ1) is 13.8. The zero-order valence-corrected chi connectivity index (χ0v) is 17.0. The Bertz CT molecular complexity index is 1220. The van der Waals surface area contributed by atoms with Gasteiger partial charge < -0.3 is 10.1 Å². The number of esters is 1. The summed E-state index contributed by atoms with van der Waals surface area (Å²) in [5.41, 5.74) is 0.246. The minimum Gasteiger partial charge on any atom is -0.462 e. The number of aryl methyl sites for hydroxylation is 2. The van der Waals surface area contributed by atoms with Gasteiger partial charge in [-0.2, -0.15) is 10.4 Å². The third-order valence-electron chi connectivity index (χ3n) is 4.43. The van der Waals surface area contributed by atoms with Crippen LogP contribution in [0.4, 0.5) is 5.82 Å². The van der Waals surface area contributed by atoms with Crippen molar-refractivity contribution in [1.82, 2.24) is 19.3 Å². The molecule has 1 amide bonds. The van der Waals surface area contributed by atoms with Crippen LogP contribution in [0.1, 0.15) is 40.7 Å². The number of nitrogens with zero attached hydrogens (tertiary/aromatic N) is 5. The van der Waals surface area contributed by atoms with Gasteiger partial charge in [-0.05, 0) is 26.3 Å². The molecule has 0 spiro atoms. The highest BCUT2D eigenvalue weighted by atomic mass is 32.1. The Morgan fingerprint density at radius 1 is 1.45 bits per heavy atom. The van der Waals surface area contributed by atoms with Gasteiger partial charge in [0.1, 0.15) is 33.2 Å². The second-order valence-corrected chi connectivity index (χ2v) is 7.22. The second kappa shape index (κ2) is 7.84. The van der Waals surface area contributed by atoms with Crippen LogP contribution in [0.2, 0.25) is 0 Å². The molecule has 0 aliphatic rings. The van der Waals surface area contributed by atoms with Crippen LogP contribution in [0.25, 0.3) is 10.2 Å². The Balaban J connectivity index is 1.98. The molecule has 3 aromatic rings. The van der Waals surface area contributed by atoms with Crippen LogP contribution in [-0.4, -0.2) is 37.8 Å². The molecule has 0 aromatic carbocycles. The van der Waals surface area contributed by atoms with Gasteiger partial charge in [-0.1, -0.05) is 0 Å². The fourth-order valence-corrected chi connectivity index (χ4v) is 3.85. The van der Waals surface area contributed by atoms with Gasteiger partial charge in [0.25, 0.3) is 5.56 Å². The zero-order chi connectivity index (χ0) is 21.3. The van der Waals surface area contributed by atoms with E-state index in [-0.39, 0.29) is 23.4 Å².